The molecule has 19 heavy (non-hydrogen) atoms. The standard InChI is InChI=1S/C7H7ClN4O4S3/c1-4-6(18(8,13)14)17-7(10-4)12-19(15,16)5-2-3-9-11-5/h2-3H,1H3,(H,9,11)(H,10,12). The molecule has 0 aromatic carbocycles. The van der Waals surface area contributed by atoms with Crippen LogP contribution < -0.4 is 4.72 Å². The summed E-state index contributed by atoms with van der Waals surface area (Å²) in [5, 5.41) is 5.55. The van der Waals surface area contributed by atoms with Crippen LogP contribution in [-0.2, 0) is 19.1 Å². The van der Waals surface area contributed by atoms with Crippen molar-refractivity contribution in [2.45, 2.75) is 16.2 Å². The van der Waals surface area contributed by atoms with Crippen LogP contribution >= 0.6 is 22.0 Å². The summed E-state index contributed by atoms with van der Waals surface area (Å²) >= 11 is 0.635. The number of nitrogens with zero attached hydrogens (tertiary/aromatic N) is 2. The van der Waals surface area contributed by atoms with Gasteiger partial charge in [-0.3, -0.25) is 9.82 Å². The number of aromatic amines is 1. The molecule has 0 unspecified atom stereocenters. The molecular formula is C7H7ClN4O4S3. The lowest BCUT2D eigenvalue weighted by molar-refractivity contribution is 0.597. The van der Waals surface area contributed by atoms with Gasteiger partial charge in [0.15, 0.2) is 14.4 Å². The largest absolute Gasteiger partial charge is 0.280 e. The van der Waals surface area contributed by atoms with E-state index in [1.165, 1.54) is 19.2 Å². The molecule has 0 spiro atoms. The monoisotopic (exact) mass is 342 g/mol. The molecule has 104 valence electrons. The van der Waals surface area contributed by atoms with Gasteiger partial charge in [0, 0.05) is 10.7 Å². The van der Waals surface area contributed by atoms with Crippen LogP contribution in [0.3, 0.4) is 0 Å². The van der Waals surface area contributed by atoms with Gasteiger partial charge in [-0.15, -0.1) is 0 Å². The van der Waals surface area contributed by atoms with Gasteiger partial charge in [0.25, 0.3) is 19.1 Å². The minimum Gasteiger partial charge on any atom is -0.266 e. The van der Waals surface area contributed by atoms with Crippen molar-refractivity contribution >= 4 is 46.2 Å². The Morgan fingerprint density at radius 2 is 2.05 bits per heavy atom. The Balaban J connectivity index is 2.36. The number of rotatable bonds is 4. The fraction of sp³-hybridized carbons (Fsp3) is 0.143. The fourth-order valence-corrected chi connectivity index (χ4v) is 4.71. The topological polar surface area (TPSA) is 122 Å². The highest BCUT2D eigenvalue weighted by atomic mass is 35.7. The van der Waals surface area contributed by atoms with E-state index in [9.17, 15) is 16.8 Å². The summed E-state index contributed by atoms with van der Waals surface area (Å²) in [7, 11) is -2.63. The average Bonchev–Trinajstić information content (AvgIpc) is 2.85. The van der Waals surface area contributed by atoms with Gasteiger partial charge in [-0.25, -0.2) is 13.4 Å². The van der Waals surface area contributed by atoms with Crippen molar-refractivity contribution in [1.82, 2.24) is 15.2 Å². The first-order valence-corrected chi connectivity index (χ1v) is 9.25. The molecule has 0 amide bonds. The maximum Gasteiger partial charge on any atom is 0.280 e. The van der Waals surface area contributed by atoms with E-state index in [-0.39, 0.29) is 20.1 Å². The molecule has 0 aliphatic rings. The number of anilines is 1. The van der Waals surface area contributed by atoms with E-state index in [2.05, 4.69) is 19.9 Å². The fourth-order valence-electron chi connectivity index (χ4n) is 1.22. The van der Waals surface area contributed by atoms with E-state index in [1.807, 2.05) is 0 Å². The van der Waals surface area contributed by atoms with Crippen LogP contribution in [-0.4, -0.2) is 32.0 Å². The second-order valence-electron chi connectivity index (χ2n) is 3.36. The first-order valence-electron chi connectivity index (χ1n) is 4.64. The maximum absolute atomic E-state index is 11.8. The van der Waals surface area contributed by atoms with Gasteiger partial charge in [-0.1, -0.05) is 11.3 Å². The van der Waals surface area contributed by atoms with Crippen molar-refractivity contribution < 1.29 is 16.8 Å². The Hall–Kier alpha value is -1.17. The third kappa shape index (κ3) is 3.05. The molecule has 2 aromatic heterocycles. The summed E-state index contributed by atoms with van der Waals surface area (Å²) < 4.78 is 48.0. The van der Waals surface area contributed by atoms with Gasteiger partial charge in [-0.2, -0.15) is 13.5 Å². The van der Waals surface area contributed by atoms with Crippen molar-refractivity contribution in [3.05, 3.63) is 18.0 Å². The third-order valence-electron chi connectivity index (χ3n) is 1.96. The highest BCUT2D eigenvalue weighted by molar-refractivity contribution is 8.15. The number of aryl methyl sites for hydroxylation is 1. The molecule has 2 aromatic rings. The summed E-state index contributed by atoms with van der Waals surface area (Å²) in [4.78, 5) is 3.80. The normalized spacial score (nSPS) is 12.5. The molecule has 0 aliphatic heterocycles. The van der Waals surface area contributed by atoms with Crippen molar-refractivity contribution in [1.29, 1.82) is 0 Å². The minimum atomic E-state index is -3.95. The molecule has 0 fully saturated rings. The van der Waals surface area contributed by atoms with Crippen LogP contribution in [0.4, 0.5) is 5.13 Å². The highest BCUT2D eigenvalue weighted by Gasteiger charge is 2.23. The number of hydrogen-bond acceptors (Lipinski definition) is 7. The highest BCUT2D eigenvalue weighted by Crippen LogP contribution is 2.30. The smallest absolute Gasteiger partial charge is 0.266 e. The van der Waals surface area contributed by atoms with E-state index >= 15 is 0 Å². The molecule has 0 saturated heterocycles. The van der Waals surface area contributed by atoms with Crippen LogP contribution in [0.15, 0.2) is 21.5 Å². The SMILES string of the molecule is Cc1nc(NS(=O)(=O)c2ccn[nH]2)sc1S(=O)(=O)Cl. The maximum atomic E-state index is 11.8. The van der Waals surface area contributed by atoms with Gasteiger partial charge < -0.3 is 0 Å². The van der Waals surface area contributed by atoms with E-state index < -0.39 is 19.1 Å². The molecule has 0 atom stereocenters. The molecule has 2 heterocycles. The molecular weight excluding hydrogens is 336 g/mol. The number of sulfonamides is 1. The Labute approximate surface area is 117 Å². The lowest BCUT2D eigenvalue weighted by Gasteiger charge is -2.00. The van der Waals surface area contributed by atoms with Gasteiger partial charge in [0.1, 0.15) is 0 Å². The molecule has 0 saturated carbocycles. The first-order chi connectivity index (χ1) is 8.70. The van der Waals surface area contributed by atoms with E-state index in [4.69, 9.17) is 10.7 Å². The molecule has 0 aliphatic carbocycles. The van der Waals surface area contributed by atoms with Crippen molar-refractivity contribution in [3.8, 4) is 0 Å². The summed E-state index contributed by atoms with van der Waals surface area (Å²) in [6.45, 7) is 1.42. The summed E-state index contributed by atoms with van der Waals surface area (Å²) in [6, 6.07) is 1.25. The quantitative estimate of drug-likeness (QED) is 0.796. The molecule has 2 N–H and O–H groups in total. The minimum absolute atomic E-state index is 0.0914. The van der Waals surface area contributed by atoms with E-state index in [0.29, 0.717) is 11.3 Å². The molecule has 2 rings (SSSR count). The summed E-state index contributed by atoms with van der Waals surface area (Å²) in [5.41, 5.74) is 0.127. The second kappa shape index (κ2) is 4.74. The lowest BCUT2D eigenvalue weighted by Crippen LogP contribution is -2.13. The van der Waals surface area contributed by atoms with Gasteiger partial charge in [-0.05, 0) is 13.0 Å². The number of thiazole rings is 1. The zero-order chi connectivity index (χ0) is 14.3. The zero-order valence-corrected chi connectivity index (χ0v) is 12.5. The zero-order valence-electron chi connectivity index (χ0n) is 9.28. The Morgan fingerprint density at radius 3 is 2.53 bits per heavy atom. The summed E-state index contributed by atoms with van der Waals surface area (Å²) in [5.74, 6) is 0. The first kappa shape index (κ1) is 14.2. The Kier molecular flexibility index (Phi) is 3.55. The predicted molar refractivity (Wildman–Crippen MR) is 69.3 cm³/mol. The van der Waals surface area contributed by atoms with Crippen LogP contribution in [0.25, 0.3) is 0 Å². The Bertz CT molecular complexity index is 794. The number of halogens is 1. The Morgan fingerprint density at radius 1 is 1.37 bits per heavy atom. The number of H-pyrrole nitrogens is 1. The van der Waals surface area contributed by atoms with Gasteiger partial charge in [0.2, 0.25) is 0 Å². The molecule has 0 radical (unpaired) electrons. The second-order valence-corrected chi connectivity index (χ2v) is 8.77. The molecule has 0 bridgehead atoms. The van der Waals surface area contributed by atoms with E-state index in [0.717, 1.165) is 0 Å². The van der Waals surface area contributed by atoms with Crippen LogP contribution in [0.2, 0.25) is 0 Å². The van der Waals surface area contributed by atoms with Crippen LogP contribution in [0, 0.1) is 6.92 Å². The van der Waals surface area contributed by atoms with Crippen molar-refractivity contribution in [2.75, 3.05) is 4.72 Å². The van der Waals surface area contributed by atoms with Crippen LogP contribution in [0.5, 0.6) is 0 Å². The van der Waals surface area contributed by atoms with Crippen LogP contribution in [0.1, 0.15) is 5.69 Å². The molecule has 12 heteroatoms. The van der Waals surface area contributed by atoms with Gasteiger partial charge in [0.05, 0.1) is 11.9 Å². The van der Waals surface area contributed by atoms with E-state index in [1.54, 1.807) is 0 Å². The third-order valence-corrected chi connectivity index (χ3v) is 6.61. The average molecular weight is 343 g/mol. The lowest BCUT2D eigenvalue weighted by atomic mass is 10.6. The van der Waals surface area contributed by atoms with Crippen molar-refractivity contribution in [3.63, 3.8) is 0 Å². The summed E-state index contributed by atoms with van der Waals surface area (Å²) in [6.07, 6.45) is 1.27. The number of hydrogen-bond donors (Lipinski definition) is 2. The number of aromatic nitrogens is 3. The molecule has 8 nitrogen and oxygen atoms in total. The predicted octanol–water partition coefficient (Wildman–Crippen LogP) is 0.903. The number of nitrogens with one attached hydrogen (secondary N) is 2. The van der Waals surface area contributed by atoms with Crippen molar-refractivity contribution in [2.24, 2.45) is 0 Å². The van der Waals surface area contributed by atoms with Gasteiger partial charge >= 0.3 is 0 Å².